The SMILES string of the molecule is C=CC[C@@H]1O[C@@H]([C@@H](CO[Si](C)(C)C(C)(C)C)O[Si](C)(C)C(C)(C)C)[C@H](O[Si](C)(C)C(C)(C)C)[C@H]1O[Si](C)(C)C(C)(C)C. The Hall–Kier alpha value is 0.408. The molecule has 0 unspecified atom stereocenters. The molecule has 1 fully saturated rings. The Labute approximate surface area is 266 Å². The molecule has 0 saturated carbocycles. The molecule has 250 valence electrons. The van der Waals surface area contributed by atoms with Gasteiger partial charge in [0.15, 0.2) is 33.3 Å². The predicted molar refractivity (Wildman–Crippen MR) is 193 cm³/mol. The van der Waals surface area contributed by atoms with E-state index in [1.165, 1.54) is 0 Å². The lowest BCUT2D eigenvalue weighted by molar-refractivity contribution is -0.0706. The molecule has 0 N–H and O–H groups in total. The van der Waals surface area contributed by atoms with Gasteiger partial charge in [-0.15, -0.1) is 6.58 Å². The van der Waals surface area contributed by atoms with Crippen LogP contribution in [0.15, 0.2) is 12.7 Å². The van der Waals surface area contributed by atoms with Gasteiger partial charge in [-0.1, -0.05) is 89.2 Å². The van der Waals surface area contributed by atoms with Crippen LogP contribution in [0.5, 0.6) is 0 Å². The topological polar surface area (TPSA) is 46.2 Å². The van der Waals surface area contributed by atoms with E-state index in [1.54, 1.807) is 0 Å². The fourth-order valence-electron chi connectivity index (χ4n) is 3.98. The van der Waals surface area contributed by atoms with Crippen LogP contribution in [0.25, 0.3) is 0 Å². The van der Waals surface area contributed by atoms with Crippen molar-refractivity contribution in [2.45, 2.75) is 193 Å². The van der Waals surface area contributed by atoms with Gasteiger partial charge in [0.1, 0.15) is 12.2 Å². The lowest BCUT2D eigenvalue weighted by Gasteiger charge is -2.46. The van der Waals surface area contributed by atoms with Crippen LogP contribution >= 0.6 is 0 Å². The highest BCUT2D eigenvalue weighted by atomic mass is 28.4. The fourth-order valence-corrected chi connectivity index (χ4v) is 8.93. The van der Waals surface area contributed by atoms with Crippen LogP contribution in [0.4, 0.5) is 0 Å². The third kappa shape index (κ3) is 9.71. The molecular formula is C33H72O5Si4. The third-order valence-corrected chi connectivity index (χ3v) is 29.2. The van der Waals surface area contributed by atoms with Crippen LogP contribution in [0.1, 0.15) is 89.5 Å². The van der Waals surface area contributed by atoms with E-state index in [0.29, 0.717) is 13.0 Å². The molecule has 1 rings (SSSR count). The van der Waals surface area contributed by atoms with Crippen molar-refractivity contribution in [1.29, 1.82) is 0 Å². The standard InChI is InChI=1S/C33H72O5Si4/c1-22-23-25-28(37-41(18,19)32(8,9)10)29(38-42(20,21)33(11,12)13)27(35-25)26(36-40(16,17)31(5,6)7)24-34-39(14,15)30(2,3)4/h22,25-29H,1,23-24H2,2-21H3/t25-,26+,27-,28-,29-/m0/s1. The number of hydrogen-bond acceptors (Lipinski definition) is 5. The zero-order valence-corrected chi connectivity index (χ0v) is 35.6. The second-order valence-corrected chi connectivity index (χ2v) is 37.9. The van der Waals surface area contributed by atoms with Gasteiger partial charge in [-0.3, -0.25) is 0 Å². The summed E-state index contributed by atoms with van der Waals surface area (Å²) < 4.78 is 35.9. The van der Waals surface area contributed by atoms with Crippen molar-refractivity contribution >= 4 is 33.3 Å². The smallest absolute Gasteiger partial charge is 0.192 e. The van der Waals surface area contributed by atoms with Gasteiger partial charge in [0.2, 0.25) is 0 Å². The van der Waals surface area contributed by atoms with Gasteiger partial charge in [-0.25, -0.2) is 0 Å². The van der Waals surface area contributed by atoms with E-state index < -0.39 is 33.3 Å². The summed E-state index contributed by atoms with van der Waals surface area (Å²) in [6, 6.07) is 0. The first kappa shape index (κ1) is 40.4. The minimum absolute atomic E-state index is 0.0447. The monoisotopic (exact) mass is 660 g/mol. The van der Waals surface area contributed by atoms with Crippen molar-refractivity contribution < 1.29 is 22.4 Å². The van der Waals surface area contributed by atoms with Gasteiger partial charge in [0.05, 0.1) is 24.9 Å². The van der Waals surface area contributed by atoms with E-state index in [1.807, 2.05) is 6.08 Å². The molecule has 0 amide bonds. The molecule has 5 nitrogen and oxygen atoms in total. The minimum Gasteiger partial charge on any atom is -0.414 e. The maximum atomic E-state index is 7.37. The second-order valence-electron chi connectivity index (χ2n) is 18.8. The minimum atomic E-state index is -2.20. The van der Waals surface area contributed by atoms with Crippen molar-refractivity contribution in [3.8, 4) is 0 Å². The second kappa shape index (κ2) is 13.3. The molecule has 0 aliphatic carbocycles. The molecule has 0 bridgehead atoms. The Morgan fingerprint density at radius 2 is 1.00 bits per heavy atom. The van der Waals surface area contributed by atoms with Crippen LogP contribution in [-0.2, 0) is 22.4 Å². The summed E-state index contributed by atoms with van der Waals surface area (Å²) in [5.41, 5.74) is 0. The highest BCUT2D eigenvalue weighted by Crippen LogP contribution is 2.46. The third-order valence-electron chi connectivity index (χ3n) is 11.3. The van der Waals surface area contributed by atoms with Gasteiger partial charge >= 0.3 is 0 Å². The van der Waals surface area contributed by atoms with Crippen molar-refractivity contribution in [3.05, 3.63) is 12.7 Å². The average molecular weight is 661 g/mol. The zero-order valence-electron chi connectivity index (χ0n) is 31.6. The molecule has 5 atom stereocenters. The van der Waals surface area contributed by atoms with Gasteiger partial charge in [0.25, 0.3) is 0 Å². The first-order valence-corrected chi connectivity index (χ1v) is 27.9. The summed E-state index contributed by atoms with van der Waals surface area (Å²) in [5, 5.41) is 0.256. The van der Waals surface area contributed by atoms with Crippen LogP contribution in [0, 0.1) is 0 Å². The van der Waals surface area contributed by atoms with E-state index in [9.17, 15) is 0 Å². The molecule has 1 aliphatic rings. The molecule has 9 heteroatoms. The molecule has 42 heavy (non-hydrogen) atoms. The van der Waals surface area contributed by atoms with Crippen molar-refractivity contribution in [1.82, 2.24) is 0 Å². The van der Waals surface area contributed by atoms with E-state index in [0.717, 1.165) is 0 Å². The van der Waals surface area contributed by atoms with E-state index >= 15 is 0 Å². The van der Waals surface area contributed by atoms with E-state index in [-0.39, 0.29) is 50.7 Å². The maximum Gasteiger partial charge on any atom is 0.192 e. The molecule has 0 aromatic rings. The average Bonchev–Trinajstić information content (AvgIpc) is 3.04. The zero-order chi connectivity index (χ0) is 33.5. The van der Waals surface area contributed by atoms with E-state index in [2.05, 4.69) is 142 Å². The van der Waals surface area contributed by atoms with Crippen molar-refractivity contribution in [2.24, 2.45) is 0 Å². The van der Waals surface area contributed by atoms with E-state index in [4.69, 9.17) is 22.4 Å². The molecule has 1 saturated heterocycles. The van der Waals surface area contributed by atoms with Gasteiger partial charge in [0, 0.05) is 0 Å². The largest absolute Gasteiger partial charge is 0.414 e. The molecule has 0 aromatic heterocycles. The molecule has 0 aromatic carbocycles. The summed E-state index contributed by atoms with van der Waals surface area (Å²) in [6.45, 7) is 50.8. The van der Waals surface area contributed by atoms with Crippen LogP contribution in [0.2, 0.25) is 72.5 Å². The molecule has 1 aliphatic heterocycles. The highest BCUT2D eigenvalue weighted by Gasteiger charge is 2.56. The molecule has 1 heterocycles. The summed E-state index contributed by atoms with van der Waals surface area (Å²) in [6.07, 6.45) is 1.55. The van der Waals surface area contributed by atoms with Crippen molar-refractivity contribution in [2.75, 3.05) is 6.61 Å². The normalized spacial score (nSPS) is 24.7. The molecule has 0 radical (unpaired) electrons. The first-order chi connectivity index (χ1) is 18.3. The van der Waals surface area contributed by atoms with Crippen LogP contribution in [0.3, 0.4) is 0 Å². The Morgan fingerprint density at radius 3 is 1.36 bits per heavy atom. The summed E-state index contributed by atoms with van der Waals surface area (Å²) in [7, 11) is -8.59. The van der Waals surface area contributed by atoms with Gasteiger partial charge in [-0.05, 0) is 78.9 Å². The van der Waals surface area contributed by atoms with Gasteiger partial charge < -0.3 is 22.4 Å². The quantitative estimate of drug-likeness (QED) is 0.154. The Bertz CT molecular complexity index is 888. The summed E-state index contributed by atoms with van der Waals surface area (Å²) in [4.78, 5) is 0. The van der Waals surface area contributed by atoms with Gasteiger partial charge in [-0.2, -0.15) is 0 Å². The fraction of sp³-hybridized carbons (Fsp3) is 0.939. The summed E-state index contributed by atoms with van der Waals surface area (Å²) >= 11 is 0. The number of ether oxygens (including phenoxy) is 1. The predicted octanol–water partition coefficient (Wildman–Crippen LogP) is 10.5. The van der Waals surface area contributed by atoms with Crippen LogP contribution in [-0.4, -0.2) is 70.4 Å². The number of hydrogen-bond donors (Lipinski definition) is 0. The molecule has 0 spiro atoms. The van der Waals surface area contributed by atoms with Crippen LogP contribution < -0.4 is 0 Å². The highest BCUT2D eigenvalue weighted by molar-refractivity contribution is 6.75. The first-order valence-electron chi connectivity index (χ1n) is 16.3. The Morgan fingerprint density at radius 1 is 0.619 bits per heavy atom. The summed E-state index contributed by atoms with van der Waals surface area (Å²) in [5.74, 6) is 0. The Kier molecular flexibility index (Phi) is 12.8. The van der Waals surface area contributed by atoms with Crippen molar-refractivity contribution in [3.63, 3.8) is 0 Å². The Balaban J connectivity index is 3.81. The lowest BCUT2D eigenvalue weighted by Crippen LogP contribution is -2.58. The lowest BCUT2D eigenvalue weighted by atomic mass is 10.0. The molecular weight excluding hydrogens is 589 g/mol. The maximum absolute atomic E-state index is 7.37. The number of rotatable bonds is 12.